The Kier molecular flexibility index (Phi) is 1.77. The molecule has 2 heteroatoms. The monoisotopic (exact) mass is 178 g/mol. The van der Waals surface area contributed by atoms with E-state index < -0.39 is 0 Å². The lowest BCUT2D eigenvalue weighted by Gasteiger charge is -2.10. The van der Waals surface area contributed by atoms with E-state index in [-0.39, 0.29) is 10.9 Å². The van der Waals surface area contributed by atoms with Crippen LogP contribution in [0.4, 0.5) is 0 Å². The molecule has 12 heavy (non-hydrogen) atoms. The van der Waals surface area contributed by atoms with Crippen molar-refractivity contribution in [2.75, 3.05) is 0 Å². The molecule has 1 nitrogen and oxygen atoms in total. The average molecular weight is 178 g/mol. The van der Waals surface area contributed by atoms with Gasteiger partial charge in [-0.05, 0) is 18.4 Å². The molecule has 0 spiro atoms. The van der Waals surface area contributed by atoms with Crippen molar-refractivity contribution in [3.63, 3.8) is 0 Å². The summed E-state index contributed by atoms with van der Waals surface area (Å²) in [6, 6.07) is 10.0. The number of hydrogen-bond donors (Lipinski definition) is 0. The molecule has 1 saturated carbocycles. The average Bonchev–Trinajstić information content (AvgIpc) is 2.86. The maximum Gasteiger partial charge on any atom is 0.158 e. The van der Waals surface area contributed by atoms with Gasteiger partial charge in [-0.2, -0.15) is 0 Å². The quantitative estimate of drug-likeness (QED) is 0.634. The fourth-order valence-corrected chi connectivity index (χ4v) is 2.01. The summed E-state index contributed by atoms with van der Waals surface area (Å²) in [5.41, 5.74) is 1.27. The molecule has 0 N–H and O–H groups in total. The lowest BCUT2D eigenvalue weighted by molar-refractivity contribution is -0.113. The van der Waals surface area contributed by atoms with Crippen LogP contribution in [-0.2, 0) is 10.2 Å². The fourth-order valence-electron chi connectivity index (χ4n) is 1.56. The fraction of sp³-hybridized carbons (Fsp3) is 0.300. The molecule has 0 radical (unpaired) electrons. The van der Waals surface area contributed by atoms with E-state index in [9.17, 15) is 4.79 Å². The molecular formula is C10H11OP. The van der Waals surface area contributed by atoms with Crippen LogP contribution in [0.1, 0.15) is 18.4 Å². The van der Waals surface area contributed by atoms with Crippen molar-refractivity contribution >= 4 is 14.8 Å². The third-order valence-corrected chi connectivity index (χ3v) is 3.10. The van der Waals surface area contributed by atoms with Gasteiger partial charge >= 0.3 is 0 Å². The van der Waals surface area contributed by atoms with Gasteiger partial charge in [0, 0.05) is 0 Å². The molecule has 0 heterocycles. The minimum absolute atomic E-state index is 0.133. The molecule has 1 atom stereocenters. The summed E-state index contributed by atoms with van der Waals surface area (Å²) < 4.78 is 0. The van der Waals surface area contributed by atoms with Gasteiger partial charge in [0.25, 0.3) is 0 Å². The lowest BCUT2D eigenvalue weighted by atomic mass is 9.98. The van der Waals surface area contributed by atoms with Crippen molar-refractivity contribution in [2.24, 2.45) is 0 Å². The molecule has 1 aromatic rings. The number of carbonyl (C=O) groups excluding carboxylic acids is 1. The molecule has 0 saturated heterocycles. The van der Waals surface area contributed by atoms with Crippen LogP contribution in [0.15, 0.2) is 30.3 Å². The van der Waals surface area contributed by atoms with E-state index in [2.05, 4.69) is 9.24 Å². The Morgan fingerprint density at radius 3 is 2.25 bits per heavy atom. The van der Waals surface area contributed by atoms with E-state index in [0.29, 0.717) is 0 Å². The minimum Gasteiger partial charge on any atom is -0.294 e. The summed E-state index contributed by atoms with van der Waals surface area (Å²) in [5.74, 6) is 0. The van der Waals surface area contributed by atoms with Crippen LogP contribution in [0, 0.1) is 0 Å². The molecule has 1 unspecified atom stereocenters. The maximum atomic E-state index is 11.3. The zero-order chi connectivity index (χ0) is 8.60. The molecule has 1 aliphatic carbocycles. The van der Waals surface area contributed by atoms with E-state index >= 15 is 0 Å². The molecule has 62 valence electrons. The van der Waals surface area contributed by atoms with E-state index in [0.717, 1.165) is 12.8 Å². The summed E-state index contributed by atoms with van der Waals surface area (Å²) >= 11 is 0. The summed E-state index contributed by atoms with van der Waals surface area (Å²) in [5, 5.41) is 0. The van der Waals surface area contributed by atoms with Crippen LogP contribution in [0.2, 0.25) is 0 Å². The SMILES string of the molecule is O=C(P)C1(c2ccccc2)CC1. The number of carbonyl (C=O) groups is 1. The first kappa shape index (κ1) is 7.94. The number of rotatable bonds is 2. The highest BCUT2D eigenvalue weighted by molar-refractivity contribution is 7.40. The minimum atomic E-state index is -0.133. The molecule has 0 bridgehead atoms. The molecule has 0 aromatic heterocycles. The highest BCUT2D eigenvalue weighted by Gasteiger charge is 2.48. The van der Waals surface area contributed by atoms with Gasteiger partial charge in [0.05, 0.1) is 5.41 Å². The summed E-state index contributed by atoms with van der Waals surface area (Å²) in [7, 11) is 2.30. The van der Waals surface area contributed by atoms with Gasteiger partial charge in [-0.3, -0.25) is 4.79 Å². The zero-order valence-corrected chi connectivity index (χ0v) is 7.94. The second-order valence-electron chi connectivity index (χ2n) is 3.31. The second-order valence-corrected chi connectivity index (χ2v) is 3.84. The van der Waals surface area contributed by atoms with Crippen molar-refractivity contribution in [2.45, 2.75) is 18.3 Å². The largest absolute Gasteiger partial charge is 0.294 e. The van der Waals surface area contributed by atoms with Gasteiger partial charge in [-0.15, -0.1) is 0 Å². The topological polar surface area (TPSA) is 17.1 Å². The number of hydrogen-bond acceptors (Lipinski definition) is 1. The van der Waals surface area contributed by atoms with E-state index in [1.807, 2.05) is 30.3 Å². The Balaban J connectivity index is 2.37. The van der Waals surface area contributed by atoms with Crippen molar-refractivity contribution in [3.8, 4) is 0 Å². The van der Waals surface area contributed by atoms with Crippen molar-refractivity contribution in [1.29, 1.82) is 0 Å². The molecule has 2 rings (SSSR count). The van der Waals surface area contributed by atoms with Gasteiger partial charge < -0.3 is 0 Å². The van der Waals surface area contributed by atoms with E-state index in [1.165, 1.54) is 5.56 Å². The first-order valence-electron chi connectivity index (χ1n) is 4.11. The Hall–Kier alpha value is -0.680. The predicted octanol–water partition coefficient (Wildman–Crippen LogP) is 2.12. The third kappa shape index (κ3) is 1.09. The Morgan fingerprint density at radius 1 is 1.25 bits per heavy atom. The third-order valence-electron chi connectivity index (χ3n) is 2.55. The summed E-state index contributed by atoms with van der Waals surface area (Å²) in [6.45, 7) is 0. The summed E-state index contributed by atoms with van der Waals surface area (Å²) in [4.78, 5) is 11.3. The van der Waals surface area contributed by atoms with Crippen LogP contribution < -0.4 is 0 Å². The Morgan fingerprint density at radius 2 is 1.83 bits per heavy atom. The first-order valence-corrected chi connectivity index (χ1v) is 4.69. The molecule has 0 aliphatic heterocycles. The Labute approximate surface area is 74.4 Å². The van der Waals surface area contributed by atoms with Gasteiger partial charge in [0.1, 0.15) is 0 Å². The van der Waals surface area contributed by atoms with Crippen LogP contribution in [-0.4, -0.2) is 5.52 Å². The standard InChI is InChI=1S/C10H11OP/c11-9(12)10(6-7-10)8-4-2-1-3-5-8/h1-5H,6-7,12H2. The second kappa shape index (κ2) is 2.67. The van der Waals surface area contributed by atoms with Crippen molar-refractivity contribution in [3.05, 3.63) is 35.9 Å². The van der Waals surface area contributed by atoms with Crippen LogP contribution in [0.25, 0.3) is 0 Å². The van der Waals surface area contributed by atoms with Gasteiger partial charge in [0.15, 0.2) is 5.52 Å². The van der Waals surface area contributed by atoms with Crippen LogP contribution >= 0.6 is 9.24 Å². The normalized spacial score (nSPS) is 18.8. The smallest absolute Gasteiger partial charge is 0.158 e. The highest BCUT2D eigenvalue weighted by Crippen LogP contribution is 2.50. The predicted molar refractivity (Wildman–Crippen MR) is 52.1 cm³/mol. The zero-order valence-electron chi connectivity index (χ0n) is 6.79. The maximum absolute atomic E-state index is 11.3. The van der Waals surface area contributed by atoms with Crippen LogP contribution in [0.3, 0.4) is 0 Å². The van der Waals surface area contributed by atoms with Gasteiger partial charge in [-0.1, -0.05) is 39.6 Å². The van der Waals surface area contributed by atoms with E-state index in [1.54, 1.807) is 0 Å². The lowest BCUT2D eigenvalue weighted by Crippen LogP contribution is -2.13. The Bertz CT molecular complexity index is 301. The van der Waals surface area contributed by atoms with E-state index in [4.69, 9.17) is 0 Å². The molecule has 1 fully saturated rings. The highest BCUT2D eigenvalue weighted by atomic mass is 31.0. The van der Waals surface area contributed by atoms with Gasteiger partial charge in [-0.25, -0.2) is 0 Å². The number of benzene rings is 1. The van der Waals surface area contributed by atoms with Crippen molar-refractivity contribution in [1.82, 2.24) is 0 Å². The molecule has 1 aliphatic rings. The molecular weight excluding hydrogens is 167 g/mol. The van der Waals surface area contributed by atoms with Crippen LogP contribution in [0.5, 0.6) is 0 Å². The van der Waals surface area contributed by atoms with Gasteiger partial charge in [0.2, 0.25) is 0 Å². The summed E-state index contributed by atoms with van der Waals surface area (Å²) in [6.07, 6.45) is 2.03. The van der Waals surface area contributed by atoms with Crippen molar-refractivity contribution < 1.29 is 4.79 Å². The molecule has 0 amide bonds. The molecule has 1 aromatic carbocycles. The first-order chi connectivity index (χ1) is 5.76.